The van der Waals surface area contributed by atoms with Gasteiger partial charge < -0.3 is 5.73 Å². The molecule has 19 heavy (non-hydrogen) atoms. The Morgan fingerprint density at radius 1 is 1.37 bits per heavy atom. The van der Waals surface area contributed by atoms with Crippen LogP contribution < -0.4 is 11.1 Å². The summed E-state index contributed by atoms with van der Waals surface area (Å²) in [5, 5.41) is 6.31. The number of hydrogen-bond acceptors (Lipinski definition) is 5. The molecule has 3 rings (SSSR count). The number of benzene rings is 1. The van der Waals surface area contributed by atoms with Gasteiger partial charge in [-0.05, 0) is 12.5 Å². The summed E-state index contributed by atoms with van der Waals surface area (Å²) in [6, 6.07) is 7.23. The van der Waals surface area contributed by atoms with Gasteiger partial charge in [0, 0.05) is 0 Å². The minimum atomic E-state index is -0.923. The second-order valence-electron chi connectivity index (χ2n) is 4.38. The number of fused-ring (bicyclic) bond motifs is 1. The van der Waals surface area contributed by atoms with E-state index in [9.17, 15) is 9.59 Å². The fourth-order valence-corrected chi connectivity index (χ4v) is 2.12. The number of nitrogens with two attached hydrogens (primary N) is 1. The fourth-order valence-electron chi connectivity index (χ4n) is 2.12. The maximum Gasteiger partial charge on any atom is 0.267 e. The summed E-state index contributed by atoms with van der Waals surface area (Å²) in [6.07, 6.45) is 0. The molecule has 7 heteroatoms. The molecule has 1 aromatic carbocycles. The van der Waals surface area contributed by atoms with Crippen molar-refractivity contribution in [2.75, 3.05) is 11.1 Å². The highest BCUT2D eigenvalue weighted by Gasteiger charge is 2.37. The van der Waals surface area contributed by atoms with Gasteiger partial charge in [-0.3, -0.25) is 14.9 Å². The van der Waals surface area contributed by atoms with Crippen molar-refractivity contribution in [2.24, 2.45) is 0 Å². The fraction of sp³-hybridized carbons (Fsp3) is 0.167. The molecule has 1 aliphatic heterocycles. The molecule has 7 nitrogen and oxygen atoms in total. The zero-order chi connectivity index (χ0) is 13.6. The predicted molar refractivity (Wildman–Crippen MR) is 67.6 cm³/mol. The molecule has 3 N–H and O–H groups in total. The van der Waals surface area contributed by atoms with Gasteiger partial charge in [-0.2, -0.15) is 9.67 Å². The molecule has 1 aliphatic rings. The Bertz CT molecular complexity index is 691. The monoisotopic (exact) mass is 257 g/mol. The molecular formula is C12H11N5O2. The molecule has 1 aromatic heterocycles. The van der Waals surface area contributed by atoms with Crippen molar-refractivity contribution < 1.29 is 9.59 Å². The van der Waals surface area contributed by atoms with E-state index >= 15 is 0 Å². The molecule has 1 atom stereocenters. The lowest BCUT2D eigenvalue weighted by molar-refractivity contribution is -0.117. The number of nitrogens with one attached hydrogen (secondary N) is 1. The second-order valence-corrected chi connectivity index (χ2v) is 4.38. The predicted octanol–water partition coefficient (Wildman–Crippen LogP) is 0.545. The molecule has 1 amide bonds. The highest BCUT2D eigenvalue weighted by atomic mass is 16.2. The Hall–Kier alpha value is -2.70. The minimum absolute atomic E-state index is 0.0476. The number of nitrogen functional groups attached to an aromatic ring is 1. The molecule has 0 bridgehead atoms. The number of rotatable bonds is 1. The Labute approximate surface area is 108 Å². The van der Waals surface area contributed by atoms with E-state index in [1.807, 2.05) is 13.0 Å². The second kappa shape index (κ2) is 3.91. The maximum atomic E-state index is 12.3. The van der Waals surface area contributed by atoms with Gasteiger partial charge in [0.2, 0.25) is 17.8 Å². The van der Waals surface area contributed by atoms with E-state index in [-0.39, 0.29) is 11.9 Å². The minimum Gasteiger partial charge on any atom is -0.366 e. The first kappa shape index (κ1) is 11.4. The summed E-state index contributed by atoms with van der Waals surface area (Å²) in [6.45, 7) is 1.90. The van der Waals surface area contributed by atoms with Gasteiger partial charge >= 0.3 is 0 Å². The summed E-state index contributed by atoms with van der Waals surface area (Å²) in [5.41, 5.74) is 7.03. The highest BCUT2D eigenvalue weighted by molar-refractivity contribution is 6.15. The van der Waals surface area contributed by atoms with Gasteiger partial charge in [0.1, 0.15) is 5.92 Å². The number of carbonyl (C=O) groups is 2. The SMILES string of the molecule is Cc1cccc(C2C(=O)Nc3nc(N)nn3C2=O)c1. The lowest BCUT2D eigenvalue weighted by atomic mass is 9.95. The largest absolute Gasteiger partial charge is 0.366 e. The molecule has 0 radical (unpaired) electrons. The van der Waals surface area contributed by atoms with Crippen LogP contribution in [0.5, 0.6) is 0 Å². The molecule has 0 spiro atoms. The first-order valence-electron chi connectivity index (χ1n) is 5.70. The van der Waals surface area contributed by atoms with Crippen molar-refractivity contribution in [2.45, 2.75) is 12.8 Å². The highest BCUT2D eigenvalue weighted by Crippen LogP contribution is 2.26. The van der Waals surface area contributed by atoms with Crippen molar-refractivity contribution in [3.8, 4) is 0 Å². The van der Waals surface area contributed by atoms with Crippen LogP contribution in [0.1, 0.15) is 21.8 Å². The summed E-state index contributed by atoms with van der Waals surface area (Å²) in [4.78, 5) is 28.1. The number of carbonyl (C=O) groups excluding carboxylic acids is 2. The third-order valence-electron chi connectivity index (χ3n) is 2.95. The van der Waals surface area contributed by atoms with Crippen LogP contribution in [0.3, 0.4) is 0 Å². The summed E-state index contributed by atoms with van der Waals surface area (Å²) in [7, 11) is 0. The van der Waals surface area contributed by atoms with Crippen LogP contribution in [0.25, 0.3) is 0 Å². The van der Waals surface area contributed by atoms with Crippen LogP contribution in [-0.4, -0.2) is 26.6 Å². The van der Waals surface area contributed by atoms with Crippen molar-refractivity contribution in [1.29, 1.82) is 0 Å². The number of anilines is 2. The average Bonchev–Trinajstić information content (AvgIpc) is 2.70. The molecule has 0 aliphatic carbocycles. The maximum absolute atomic E-state index is 12.3. The average molecular weight is 257 g/mol. The van der Waals surface area contributed by atoms with Crippen molar-refractivity contribution in [1.82, 2.24) is 14.8 Å². The van der Waals surface area contributed by atoms with E-state index in [1.165, 1.54) is 0 Å². The van der Waals surface area contributed by atoms with Gasteiger partial charge in [0.25, 0.3) is 5.91 Å². The molecule has 0 saturated carbocycles. The Morgan fingerprint density at radius 3 is 2.89 bits per heavy atom. The number of hydrogen-bond donors (Lipinski definition) is 2. The molecule has 96 valence electrons. The lowest BCUT2D eigenvalue weighted by Gasteiger charge is -2.20. The van der Waals surface area contributed by atoms with Crippen molar-refractivity contribution in [3.05, 3.63) is 35.4 Å². The number of nitrogens with zero attached hydrogens (tertiary/aromatic N) is 3. The van der Waals surface area contributed by atoms with E-state index in [0.29, 0.717) is 5.56 Å². The smallest absolute Gasteiger partial charge is 0.267 e. The summed E-state index contributed by atoms with van der Waals surface area (Å²) < 4.78 is 1.03. The topological polar surface area (TPSA) is 103 Å². The number of aryl methyl sites for hydroxylation is 1. The Kier molecular flexibility index (Phi) is 2.34. The van der Waals surface area contributed by atoms with Crippen molar-refractivity contribution in [3.63, 3.8) is 0 Å². The quantitative estimate of drug-likeness (QED) is 0.726. The van der Waals surface area contributed by atoms with Gasteiger partial charge in [0.15, 0.2) is 0 Å². The molecule has 2 heterocycles. The third-order valence-corrected chi connectivity index (χ3v) is 2.95. The van der Waals surface area contributed by atoms with Crippen molar-refractivity contribution >= 4 is 23.7 Å². The lowest BCUT2D eigenvalue weighted by Crippen LogP contribution is -2.38. The Morgan fingerprint density at radius 2 is 2.16 bits per heavy atom. The zero-order valence-corrected chi connectivity index (χ0v) is 10.1. The van der Waals surface area contributed by atoms with E-state index < -0.39 is 17.7 Å². The summed E-state index contributed by atoms with van der Waals surface area (Å²) >= 11 is 0. The molecule has 2 aromatic rings. The van der Waals surface area contributed by atoms with Gasteiger partial charge in [-0.15, -0.1) is 5.10 Å². The van der Waals surface area contributed by atoms with E-state index in [2.05, 4.69) is 15.4 Å². The van der Waals surface area contributed by atoms with Crippen LogP contribution in [0.2, 0.25) is 0 Å². The molecule has 1 unspecified atom stereocenters. The van der Waals surface area contributed by atoms with E-state index in [4.69, 9.17) is 5.73 Å². The van der Waals surface area contributed by atoms with E-state index in [1.54, 1.807) is 18.2 Å². The standard InChI is InChI=1S/C12H11N5O2/c1-6-3-2-4-7(5-6)8-9(18)14-12-15-11(13)16-17(12)10(8)19/h2-5,8H,1H3,(H3,13,14,15,16,18). The first-order valence-corrected chi connectivity index (χ1v) is 5.70. The van der Waals surface area contributed by atoms with Gasteiger partial charge in [0.05, 0.1) is 0 Å². The van der Waals surface area contributed by atoms with Crippen LogP contribution in [0.4, 0.5) is 11.9 Å². The van der Waals surface area contributed by atoms with Crippen LogP contribution in [-0.2, 0) is 4.79 Å². The zero-order valence-electron chi connectivity index (χ0n) is 10.1. The van der Waals surface area contributed by atoms with E-state index in [0.717, 1.165) is 10.2 Å². The number of aromatic nitrogens is 3. The molecular weight excluding hydrogens is 246 g/mol. The molecule has 0 fully saturated rings. The Balaban J connectivity index is 2.09. The molecule has 0 saturated heterocycles. The third kappa shape index (κ3) is 1.75. The first-order chi connectivity index (χ1) is 9.06. The van der Waals surface area contributed by atoms with Crippen LogP contribution in [0, 0.1) is 6.92 Å². The normalized spacial score (nSPS) is 18.1. The number of amides is 1. The van der Waals surface area contributed by atoms with Crippen LogP contribution >= 0.6 is 0 Å². The summed E-state index contributed by atoms with van der Waals surface area (Å²) in [5.74, 6) is -1.78. The van der Waals surface area contributed by atoms with Crippen LogP contribution in [0.15, 0.2) is 24.3 Å². The van der Waals surface area contributed by atoms with Gasteiger partial charge in [-0.1, -0.05) is 29.8 Å². The van der Waals surface area contributed by atoms with Gasteiger partial charge in [-0.25, -0.2) is 0 Å².